The Labute approximate surface area is 190 Å². The zero-order chi connectivity index (χ0) is 22.2. The van der Waals surface area contributed by atoms with Crippen LogP contribution in [-0.4, -0.2) is 57.4 Å². The van der Waals surface area contributed by atoms with Crippen molar-refractivity contribution in [2.45, 2.75) is 37.6 Å². The summed E-state index contributed by atoms with van der Waals surface area (Å²) in [7, 11) is 1.66. The molecule has 0 spiro atoms. The second kappa shape index (κ2) is 10.8. The monoisotopic (exact) mass is 438 g/mol. The van der Waals surface area contributed by atoms with Gasteiger partial charge in [0, 0.05) is 26.2 Å². The highest BCUT2D eigenvalue weighted by Crippen LogP contribution is 2.42. The number of nitrogens with one attached hydrogen (secondary N) is 1. The Hall–Kier alpha value is -2.57. The Morgan fingerprint density at radius 3 is 2.59 bits per heavy atom. The van der Waals surface area contributed by atoms with Gasteiger partial charge in [-0.3, -0.25) is 9.69 Å². The highest BCUT2D eigenvalue weighted by molar-refractivity contribution is 5.88. The molecule has 172 valence electrons. The molecular formula is C26H34N2O4. The largest absolute Gasteiger partial charge is 0.497 e. The number of carbonyl (C=O) groups is 1. The second-order valence-corrected chi connectivity index (χ2v) is 8.65. The van der Waals surface area contributed by atoms with Gasteiger partial charge in [0.05, 0.1) is 25.7 Å². The van der Waals surface area contributed by atoms with E-state index in [9.17, 15) is 4.79 Å². The predicted molar refractivity (Wildman–Crippen MR) is 124 cm³/mol. The highest BCUT2D eigenvalue weighted by Gasteiger charge is 2.42. The number of ether oxygens (including phenoxy) is 3. The maximum atomic E-state index is 13.4. The van der Waals surface area contributed by atoms with Crippen LogP contribution in [-0.2, 0) is 21.5 Å². The molecule has 1 aliphatic carbocycles. The van der Waals surface area contributed by atoms with Crippen molar-refractivity contribution in [3.05, 3.63) is 59.7 Å². The van der Waals surface area contributed by atoms with Crippen molar-refractivity contribution in [3.8, 4) is 11.5 Å². The van der Waals surface area contributed by atoms with Gasteiger partial charge in [-0.25, -0.2) is 0 Å². The lowest BCUT2D eigenvalue weighted by Crippen LogP contribution is -2.42. The molecule has 2 aromatic rings. The number of rotatable bonds is 9. The number of amides is 1. The van der Waals surface area contributed by atoms with E-state index in [1.165, 1.54) is 0 Å². The number of methoxy groups -OCH3 is 1. The molecule has 1 aliphatic heterocycles. The maximum Gasteiger partial charge on any atom is 0.230 e. The summed E-state index contributed by atoms with van der Waals surface area (Å²) in [5.74, 6) is 1.73. The minimum atomic E-state index is -0.471. The molecule has 2 fully saturated rings. The molecule has 1 N–H and O–H groups in total. The van der Waals surface area contributed by atoms with E-state index in [0.29, 0.717) is 13.2 Å². The number of morpholine rings is 1. The molecule has 0 atom stereocenters. The molecule has 6 heteroatoms. The van der Waals surface area contributed by atoms with E-state index in [0.717, 1.165) is 81.2 Å². The van der Waals surface area contributed by atoms with Gasteiger partial charge in [0.15, 0.2) is 0 Å². The molecule has 1 saturated carbocycles. The molecule has 6 nitrogen and oxygen atoms in total. The summed E-state index contributed by atoms with van der Waals surface area (Å²) < 4.78 is 16.7. The van der Waals surface area contributed by atoms with Crippen LogP contribution in [0.4, 0.5) is 0 Å². The molecule has 0 unspecified atom stereocenters. The molecule has 2 aromatic carbocycles. The zero-order valence-corrected chi connectivity index (χ0v) is 19.0. The van der Waals surface area contributed by atoms with E-state index < -0.39 is 5.41 Å². The third kappa shape index (κ3) is 5.43. The lowest BCUT2D eigenvalue weighted by atomic mass is 9.78. The zero-order valence-electron chi connectivity index (χ0n) is 19.0. The van der Waals surface area contributed by atoms with Crippen molar-refractivity contribution < 1.29 is 19.0 Å². The molecule has 0 radical (unpaired) electrons. The number of benzene rings is 2. The van der Waals surface area contributed by atoms with Crippen molar-refractivity contribution in [2.75, 3.05) is 46.6 Å². The summed E-state index contributed by atoms with van der Waals surface area (Å²) in [6.07, 6.45) is 3.88. The molecule has 1 amide bonds. The third-order valence-corrected chi connectivity index (χ3v) is 6.65. The van der Waals surface area contributed by atoms with E-state index in [-0.39, 0.29) is 5.91 Å². The first-order valence-corrected chi connectivity index (χ1v) is 11.6. The Balaban J connectivity index is 1.34. The Morgan fingerprint density at radius 2 is 1.81 bits per heavy atom. The van der Waals surface area contributed by atoms with Gasteiger partial charge in [0.2, 0.25) is 5.91 Å². The van der Waals surface area contributed by atoms with Gasteiger partial charge in [-0.05, 0) is 48.2 Å². The van der Waals surface area contributed by atoms with Crippen molar-refractivity contribution in [3.63, 3.8) is 0 Å². The van der Waals surface area contributed by atoms with Gasteiger partial charge in [-0.1, -0.05) is 37.1 Å². The van der Waals surface area contributed by atoms with Crippen LogP contribution >= 0.6 is 0 Å². The third-order valence-electron chi connectivity index (χ3n) is 6.65. The first-order valence-electron chi connectivity index (χ1n) is 11.6. The van der Waals surface area contributed by atoms with Crippen LogP contribution in [0.15, 0.2) is 48.5 Å². The molecule has 2 aliphatic rings. The first-order chi connectivity index (χ1) is 15.7. The summed E-state index contributed by atoms with van der Waals surface area (Å²) >= 11 is 0. The van der Waals surface area contributed by atoms with Crippen LogP contribution in [0, 0.1) is 0 Å². The van der Waals surface area contributed by atoms with Crippen molar-refractivity contribution in [1.29, 1.82) is 0 Å². The smallest absolute Gasteiger partial charge is 0.230 e. The average molecular weight is 439 g/mol. The molecule has 1 heterocycles. The fraction of sp³-hybridized carbons (Fsp3) is 0.500. The van der Waals surface area contributed by atoms with E-state index >= 15 is 0 Å². The number of hydrogen-bond donors (Lipinski definition) is 1. The highest BCUT2D eigenvalue weighted by atomic mass is 16.5. The van der Waals surface area contributed by atoms with Crippen LogP contribution in [0.3, 0.4) is 0 Å². The summed E-state index contributed by atoms with van der Waals surface area (Å²) in [5.41, 5.74) is 1.62. The molecule has 0 bridgehead atoms. The Kier molecular flexibility index (Phi) is 7.66. The van der Waals surface area contributed by atoms with Crippen LogP contribution in [0.1, 0.15) is 36.8 Å². The summed E-state index contributed by atoms with van der Waals surface area (Å²) in [5, 5.41) is 3.20. The predicted octanol–water partition coefficient (Wildman–Crippen LogP) is 3.53. The standard InChI is InChI=1S/C26H34N2O4/c1-30-23-8-5-7-22(19-23)26(10-2-3-11-26)25(29)27-20-21-6-4-9-24(18-21)32-17-14-28-12-15-31-16-13-28/h4-9,18-19H,2-3,10-17,20H2,1H3,(H,27,29). The lowest BCUT2D eigenvalue weighted by molar-refractivity contribution is -0.126. The number of nitrogens with zero attached hydrogens (tertiary/aromatic N) is 1. The van der Waals surface area contributed by atoms with Crippen molar-refractivity contribution >= 4 is 5.91 Å². The van der Waals surface area contributed by atoms with Crippen LogP contribution in [0.2, 0.25) is 0 Å². The second-order valence-electron chi connectivity index (χ2n) is 8.65. The van der Waals surface area contributed by atoms with E-state index in [4.69, 9.17) is 14.2 Å². The van der Waals surface area contributed by atoms with Crippen LogP contribution in [0.25, 0.3) is 0 Å². The Bertz CT molecular complexity index is 889. The van der Waals surface area contributed by atoms with E-state index in [2.05, 4.69) is 16.3 Å². The van der Waals surface area contributed by atoms with Gasteiger partial charge in [-0.2, -0.15) is 0 Å². The quantitative estimate of drug-likeness (QED) is 0.649. The van der Waals surface area contributed by atoms with E-state index in [1.54, 1.807) is 7.11 Å². The number of carbonyl (C=O) groups excluding carboxylic acids is 1. The first kappa shape index (κ1) is 22.6. The van der Waals surface area contributed by atoms with Crippen molar-refractivity contribution in [2.24, 2.45) is 0 Å². The fourth-order valence-electron chi connectivity index (χ4n) is 4.76. The minimum absolute atomic E-state index is 0.0990. The number of hydrogen-bond acceptors (Lipinski definition) is 5. The molecule has 32 heavy (non-hydrogen) atoms. The molecule has 0 aromatic heterocycles. The lowest BCUT2D eigenvalue weighted by Gasteiger charge is -2.28. The molecule has 1 saturated heterocycles. The normalized spacial score (nSPS) is 18.3. The van der Waals surface area contributed by atoms with Gasteiger partial charge in [-0.15, -0.1) is 0 Å². The van der Waals surface area contributed by atoms with Gasteiger partial charge >= 0.3 is 0 Å². The summed E-state index contributed by atoms with van der Waals surface area (Å²) in [6, 6.07) is 16.0. The molecule has 4 rings (SSSR count). The van der Waals surface area contributed by atoms with E-state index in [1.807, 2.05) is 42.5 Å². The van der Waals surface area contributed by atoms with Gasteiger partial charge in [0.1, 0.15) is 18.1 Å². The summed E-state index contributed by atoms with van der Waals surface area (Å²) in [4.78, 5) is 15.7. The topological polar surface area (TPSA) is 60.0 Å². The fourth-order valence-corrected chi connectivity index (χ4v) is 4.76. The van der Waals surface area contributed by atoms with Crippen LogP contribution < -0.4 is 14.8 Å². The molecular weight excluding hydrogens is 404 g/mol. The van der Waals surface area contributed by atoms with Gasteiger partial charge < -0.3 is 19.5 Å². The Morgan fingerprint density at radius 1 is 1.06 bits per heavy atom. The summed E-state index contributed by atoms with van der Waals surface area (Å²) in [6.45, 7) is 5.56. The average Bonchev–Trinajstić information content (AvgIpc) is 3.35. The van der Waals surface area contributed by atoms with Crippen LogP contribution in [0.5, 0.6) is 11.5 Å². The SMILES string of the molecule is COc1cccc(C2(C(=O)NCc3cccc(OCCN4CCOCC4)c3)CCCC2)c1. The van der Waals surface area contributed by atoms with Gasteiger partial charge in [0.25, 0.3) is 0 Å². The minimum Gasteiger partial charge on any atom is -0.497 e. The maximum absolute atomic E-state index is 13.4. The van der Waals surface area contributed by atoms with Crippen molar-refractivity contribution in [1.82, 2.24) is 10.2 Å².